The van der Waals surface area contributed by atoms with Gasteiger partial charge < -0.3 is 5.32 Å². The van der Waals surface area contributed by atoms with Crippen LogP contribution in [-0.4, -0.2) is 11.0 Å². The van der Waals surface area contributed by atoms with Gasteiger partial charge in [0.1, 0.15) is 0 Å². The maximum Gasteiger partial charge on any atom is 0.0975 e. The minimum atomic E-state index is 0.514. The van der Waals surface area contributed by atoms with Crippen LogP contribution in [0.3, 0.4) is 0 Å². The maximum atomic E-state index is 4.84. The number of hydrogen-bond donors (Lipinski definition) is 1. The van der Waals surface area contributed by atoms with E-state index in [-0.39, 0.29) is 0 Å². The lowest BCUT2D eigenvalue weighted by Gasteiger charge is -2.06. The summed E-state index contributed by atoms with van der Waals surface area (Å²) in [4.78, 5) is 6.23. The van der Waals surface area contributed by atoms with Crippen molar-refractivity contribution in [3.05, 3.63) is 50.5 Å². The highest BCUT2D eigenvalue weighted by Gasteiger charge is 2.11. The van der Waals surface area contributed by atoms with E-state index in [4.69, 9.17) is 4.98 Å². The van der Waals surface area contributed by atoms with Gasteiger partial charge in [0.25, 0.3) is 0 Å². The van der Waals surface area contributed by atoms with Gasteiger partial charge in [-0.3, -0.25) is 0 Å². The Morgan fingerprint density at radius 2 is 1.81 bits per heavy atom. The van der Waals surface area contributed by atoms with Gasteiger partial charge in [0.05, 0.1) is 10.7 Å². The normalized spacial score (nSPS) is 11.3. The van der Waals surface area contributed by atoms with E-state index in [1.54, 1.807) is 0 Å². The number of benzene rings is 1. The quantitative estimate of drug-likeness (QED) is 0.855. The van der Waals surface area contributed by atoms with E-state index in [9.17, 15) is 0 Å². The molecule has 0 amide bonds. The lowest BCUT2D eigenvalue weighted by Crippen LogP contribution is -2.21. The number of aryl methyl sites for hydroxylation is 3. The molecule has 0 unspecified atom stereocenters. The molecule has 0 spiro atoms. The van der Waals surface area contributed by atoms with Gasteiger partial charge in [-0.15, -0.1) is 11.3 Å². The third-order valence-corrected chi connectivity index (χ3v) is 4.56. The molecular weight excluding hydrogens is 276 g/mol. The lowest BCUT2D eigenvalue weighted by molar-refractivity contribution is 0.590. The highest BCUT2D eigenvalue weighted by Crippen LogP contribution is 2.23. The third-order valence-electron chi connectivity index (χ3n) is 3.47. The van der Waals surface area contributed by atoms with E-state index in [1.165, 1.54) is 32.3 Å². The molecule has 0 saturated heterocycles. The van der Waals surface area contributed by atoms with Crippen molar-refractivity contribution < 1.29 is 0 Å². The Balaban J connectivity index is 2.16. The molecule has 1 aromatic heterocycles. The summed E-state index contributed by atoms with van der Waals surface area (Å²) < 4.78 is 0. The van der Waals surface area contributed by atoms with Crippen molar-refractivity contribution in [3.8, 4) is 0 Å². The highest BCUT2D eigenvalue weighted by molar-refractivity contribution is 7.11. The standard InChI is InChI=1S/C18H26N2S/c1-6-16-17(11-19-12(2)3)21-18(20-16)10-15-8-13(4)7-14(5)9-15/h7-9,12,19H,6,10-11H2,1-5H3. The van der Waals surface area contributed by atoms with Crippen molar-refractivity contribution in [2.24, 2.45) is 0 Å². The van der Waals surface area contributed by atoms with Crippen LogP contribution in [0.4, 0.5) is 0 Å². The molecule has 114 valence electrons. The molecule has 1 N–H and O–H groups in total. The second kappa shape index (κ2) is 7.19. The summed E-state index contributed by atoms with van der Waals surface area (Å²) in [6.45, 7) is 11.8. The molecule has 0 aliphatic carbocycles. The molecule has 1 heterocycles. The number of hydrogen-bond acceptors (Lipinski definition) is 3. The smallest absolute Gasteiger partial charge is 0.0975 e. The van der Waals surface area contributed by atoms with Crippen LogP contribution in [0.2, 0.25) is 0 Å². The Labute approximate surface area is 132 Å². The monoisotopic (exact) mass is 302 g/mol. The molecule has 0 saturated carbocycles. The molecule has 0 aliphatic rings. The average Bonchev–Trinajstić information content (AvgIpc) is 2.77. The first kappa shape index (κ1) is 16.2. The van der Waals surface area contributed by atoms with E-state index < -0.39 is 0 Å². The number of rotatable bonds is 6. The second-order valence-electron chi connectivity index (χ2n) is 6.04. The Kier molecular flexibility index (Phi) is 5.54. The fourth-order valence-electron chi connectivity index (χ4n) is 2.57. The molecule has 21 heavy (non-hydrogen) atoms. The molecular formula is C18H26N2S. The number of nitrogens with zero attached hydrogens (tertiary/aromatic N) is 1. The second-order valence-corrected chi connectivity index (χ2v) is 7.21. The van der Waals surface area contributed by atoms with Crippen LogP contribution in [0.5, 0.6) is 0 Å². The minimum absolute atomic E-state index is 0.514. The number of thiazole rings is 1. The molecule has 0 aliphatic heterocycles. The average molecular weight is 302 g/mol. The van der Waals surface area contributed by atoms with Crippen molar-refractivity contribution in [2.45, 2.75) is 60.0 Å². The summed E-state index contributed by atoms with van der Waals surface area (Å²) in [7, 11) is 0. The van der Waals surface area contributed by atoms with Gasteiger partial charge in [-0.1, -0.05) is 50.1 Å². The van der Waals surface area contributed by atoms with Gasteiger partial charge in [-0.25, -0.2) is 4.98 Å². The van der Waals surface area contributed by atoms with E-state index in [0.29, 0.717) is 6.04 Å². The summed E-state index contributed by atoms with van der Waals surface area (Å²) in [5.74, 6) is 0. The summed E-state index contributed by atoms with van der Waals surface area (Å²) >= 11 is 1.86. The van der Waals surface area contributed by atoms with Gasteiger partial charge in [-0.2, -0.15) is 0 Å². The third kappa shape index (κ3) is 4.65. The first-order valence-electron chi connectivity index (χ1n) is 7.76. The van der Waals surface area contributed by atoms with Crippen molar-refractivity contribution in [1.82, 2.24) is 10.3 Å². The zero-order valence-corrected chi connectivity index (χ0v) is 14.6. The van der Waals surface area contributed by atoms with Gasteiger partial charge in [-0.05, 0) is 25.8 Å². The molecule has 0 bridgehead atoms. The summed E-state index contributed by atoms with van der Waals surface area (Å²) in [6.07, 6.45) is 1.96. The molecule has 3 heteroatoms. The van der Waals surface area contributed by atoms with Gasteiger partial charge in [0.15, 0.2) is 0 Å². The molecule has 0 radical (unpaired) electrons. The van der Waals surface area contributed by atoms with Crippen LogP contribution in [0.15, 0.2) is 18.2 Å². The first-order chi connectivity index (χ1) is 9.97. The zero-order chi connectivity index (χ0) is 15.4. The zero-order valence-electron chi connectivity index (χ0n) is 13.8. The fraction of sp³-hybridized carbons (Fsp3) is 0.500. The topological polar surface area (TPSA) is 24.9 Å². The van der Waals surface area contributed by atoms with Crippen LogP contribution < -0.4 is 5.32 Å². The van der Waals surface area contributed by atoms with Crippen molar-refractivity contribution in [3.63, 3.8) is 0 Å². The summed E-state index contributed by atoms with van der Waals surface area (Å²) in [6, 6.07) is 7.28. The SMILES string of the molecule is CCc1nc(Cc2cc(C)cc(C)c2)sc1CNC(C)C. The largest absolute Gasteiger partial charge is 0.310 e. The summed E-state index contributed by atoms with van der Waals surface area (Å²) in [5.41, 5.74) is 5.29. The fourth-order valence-corrected chi connectivity index (χ4v) is 3.71. The Morgan fingerprint density at radius 3 is 2.38 bits per heavy atom. The van der Waals surface area contributed by atoms with E-state index in [1.807, 2.05) is 11.3 Å². The predicted octanol–water partition coefficient (Wildman–Crippen LogP) is 4.41. The molecule has 2 aromatic rings. The van der Waals surface area contributed by atoms with Crippen LogP contribution in [0, 0.1) is 13.8 Å². The number of nitrogens with one attached hydrogen (secondary N) is 1. The highest BCUT2D eigenvalue weighted by atomic mass is 32.1. The Hall–Kier alpha value is -1.19. The van der Waals surface area contributed by atoms with Gasteiger partial charge >= 0.3 is 0 Å². The first-order valence-corrected chi connectivity index (χ1v) is 8.57. The Morgan fingerprint density at radius 1 is 1.14 bits per heavy atom. The van der Waals surface area contributed by atoms with E-state index >= 15 is 0 Å². The maximum absolute atomic E-state index is 4.84. The molecule has 2 rings (SSSR count). The van der Waals surface area contributed by atoms with Crippen LogP contribution in [0.1, 0.15) is 53.0 Å². The van der Waals surface area contributed by atoms with E-state index in [2.05, 4.69) is 58.1 Å². The lowest BCUT2D eigenvalue weighted by atomic mass is 10.1. The predicted molar refractivity (Wildman–Crippen MR) is 92.2 cm³/mol. The molecule has 2 nitrogen and oxygen atoms in total. The minimum Gasteiger partial charge on any atom is -0.310 e. The van der Waals surface area contributed by atoms with Crippen LogP contribution in [0.25, 0.3) is 0 Å². The molecule has 0 atom stereocenters. The van der Waals surface area contributed by atoms with E-state index in [0.717, 1.165) is 19.4 Å². The van der Waals surface area contributed by atoms with Crippen molar-refractivity contribution >= 4 is 11.3 Å². The van der Waals surface area contributed by atoms with Crippen molar-refractivity contribution in [2.75, 3.05) is 0 Å². The molecule has 1 aromatic carbocycles. The van der Waals surface area contributed by atoms with Crippen LogP contribution >= 0.6 is 11.3 Å². The molecule has 0 fully saturated rings. The summed E-state index contributed by atoms with van der Waals surface area (Å²) in [5, 5.41) is 4.74. The Bertz CT molecular complexity index is 579. The number of aromatic nitrogens is 1. The van der Waals surface area contributed by atoms with Crippen LogP contribution in [-0.2, 0) is 19.4 Å². The van der Waals surface area contributed by atoms with Crippen molar-refractivity contribution in [1.29, 1.82) is 0 Å². The van der Waals surface area contributed by atoms with Gasteiger partial charge in [0.2, 0.25) is 0 Å². The van der Waals surface area contributed by atoms with Gasteiger partial charge in [0, 0.05) is 23.9 Å².